The first kappa shape index (κ1) is 14.3. The Kier molecular flexibility index (Phi) is 4.36. The summed E-state index contributed by atoms with van der Waals surface area (Å²) in [5, 5.41) is 4.16. The summed E-state index contributed by atoms with van der Waals surface area (Å²) < 4.78 is 0. The molecule has 4 heteroatoms. The monoisotopic (exact) mass is 300 g/mol. The highest BCUT2D eigenvalue weighted by Crippen LogP contribution is 2.26. The van der Waals surface area contributed by atoms with Crippen LogP contribution >= 0.6 is 11.3 Å². The third-order valence-corrected chi connectivity index (χ3v) is 4.89. The highest BCUT2D eigenvalue weighted by Gasteiger charge is 2.33. The second-order valence-corrected chi connectivity index (χ2v) is 6.39. The van der Waals surface area contributed by atoms with E-state index in [9.17, 15) is 4.79 Å². The molecule has 2 atom stereocenters. The first-order valence-electron chi connectivity index (χ1n) is 7.33. The quantitative estimate of drug-likeness (QED) is 0.943. The van der Waals surface area contributed by atoms with Crippen LogP contribution in [0.3, 0.4) is 0 Å². The molecule has 0 aliphatic carbocycles. The lowest BCUT2D eigenvalue weighted by atomic mass is 9.95. The second-order valence-electron chi connectivity index (χ2n) is 5.61. The third kappa shape index (κ3) is 3.34. The number of carbonyl (C=O) groups excluding carboxylic acids is 1. The molecule has 0 radical (unpaired) electrons. The molecular formula is C17H20N2OS. The van der Waals surface area contributed by atoms with Crippen molar-refractivity contribution < 1.29 is 4.79 Å². The molecule has 1 aliphatic heterocycles. The van der Waals surface area contributed by atoms with E-state index in [0.29, 0.717) is 13.0 Å². The smallest absolute Gasteiger partial charge is 0.222 e. The number of rotatable bonds is 4. The standard InChI is InChI=1S/C17H20N2OS/c18-16-11-19(10-15(16)14-4-2-1-3-5-14)17(20)7-6-13-8-9-21-12-13/h1-5,8-9,12,15-16H,6-7,10-11,18H2/t15-,16+/m0/s1. The second kappa shape index (κ2) is 6.41. The van der Waals surface area contributed by atoms with Gasteiger partial charge in [0.2, 0.25) is 5.91 Å². The lowest BCUT2D eigenvalue weighted by Crippen LogP contribution is -2.32. The number of hydrogen-bond donors (Lipinski definition) is 1. The molecule has 110 valence electrons. The van der Waals surface area contributed by atoms with E-state index in [1.165, 1.54) is 11.1 Å². The predicted octanol–water partition coefficient (Wildman–Crippen LogP) is 2.63. The summed E-state index contributed by atoms with van der Waals surface area (Å²) in [5.41, 5.74) is 8.72. The number of benzene rings is 1. The number of aryl methyl sites for hydroxylation is 1. The molecule has 1 aromatic heterocycles. The fraction of sp³-hybridized carbons (Fsp3) is 0.353. The van der Waals surface area contributed by atoms with E-state index in [2.05, 4.69) is 29.0 Å². The van der Waals surface area contributed by atoms with Gasteiger partial charge in [0.05, 0.1) is 0 Å². The number of nitrogens with two attached hydrogens (primary N) is 1. The van der Waals surface area contributed by atoms with Crippen molar-refractivity contribution in [3.63, 3.8) is 0 Å². The van der Waals surface area contributed by atoms with Crippen LogP contribution < -0.4 is 5.73 Å². The Hall–Kier alpha value is -1.65. The summed E-state index contributed by atoms with van der Waals surface area (Å²) in [7, 11) is 0. The largest absolute Gasteiger partial charge is 0.340 e. The zero-order chi connectivity index (χ0) is 14.7. The number of hydrogen-bond acceptors (Lipinski definition) is 3. The van der Waals surface area contributed by atoms with Crippen LogP contribution in [0.4, 0.5) is 0 Å². The molecule has 21 heavy (non-hydrogen) atoms. The Balaban J connectivity index is 1.59. The zero-order valence-corrected chi connectivity index (χ0v) is 12.8. The molecule has 3 rings (SSSR count). The first-order valence-corrected chi connectivity index (χ1v) is 8.27. The molecule has 2 N–H and O–H groups in total. The van der Waals surface area contributed by atoms with Crippen LogP contribution in [-0.2, 0) is 11.2 Å². The van der Waals surface area contributed by atoms with Crippen molar-refractivity contribution in [1.82, 2.24) is 4.90 Å². The molecule has 1 fully saturated rings. The predicted molar refractivity (Wildman–Crippen MR) is 86.4 cm³/mol. The average molecular weight is 300 g/mol. The maximum Gasteiger partial charge on any atom is 0.222 e. The fourth-order valence-corrected chi connectivity index (χ4v) is 3.63. The van der Waals surface area contributed by atoms with Gasteiger partial charge in [-0.05, 0) is 34.4 Å². The number of amides is 1. The minimum absolute atomic E-state index is 0.0393. The van der Waals surface area contributed by atoms with Crippen molar-refractivity contribution in [2.24, 2.45) is 5.73 Å². The SMILES string of the molecule is N[C@@H]1CN(C(=O)CCc2ccsc2)C[C@H]1c1ccccc1. The van der Waals surface area contributed by atoms with Crippen molar-refractivity contribution in [3.8, 4) is 0 Å². The van der Waals surface area contributed by atoms with Gasteiger partial charge in [-0.2, -0.15) is 11.3 Å². The topological polar surface area (TPSA) is 46.3 Å². The summed E-state index contributed by atoms with van der Waals surface area (Å²) in [6.07, 6.45) is 1.40. The van der Waals surface area contributed by atoms with Crippen molar-refractivity contribution in [2.45, 2.75) is 24.8 Å². The molecule has 1 aliphatic rings. The number of likely N-dealkylation sites (tertiary alicyclic amines) is 1. The van der Waals surface area contributed by atoms with Crippen molar-refractivity contribution >= 4 is 17.2 Å². The Labute approximate surface area is 129 Å². The normalized spacial score (nSPS) is 21.7. The van der Waals surface area contributed by atoms with E-state index < -0.39 is 0 Å². The first-order chi connectivity index (χ1) is 10.2. The van der Waals surface area contributed by atoms with Crippen LogP contribution in [0.1, 0.15) is 23.5 Å². The van der Waals surface area contributed by atoms with E-state index in [1.807, 2.05) is 23.1 Å². The number of nitrogens with zero attached hydrogens (tertiary/aromatic N) is 1. The Morgan fingerprint density at radius 1 is 1.24 bits per heavy atom. The van der Waals surface area contributed by atoms with Gasteiger partial charge in [-0.25, -0.2) is 0 Å². The van der Waals surface area contributed by atoms with Crippen molar-refractivity contribution in [1.29, 1.82) is 0 Å². The molecule has 1 aromatic carbocycles. The minimum atomic E-state index is 0.0393. The number of thiophene rings is 1. The maximum absolute atomic E-state index is 12.3. The van der Waals surface area contributed by atoms with Gasteiger partial charge in [-0.3, -0.25) is 4.79 Å². The number of carbonyl (C=O) groups is 1. The average Bonchev–Trinajstić information content (AvgIpc) is 3.15. The highest BCUT2D eigenvalue weighted by atomic mass is 32.1. The molecule has 3 nitrogen and oxygen atoms in total. The van der Waals surface area contributed by atoms with Gasteiger partial charge < -0.3 is 10.6 Å². The molecule has 1 saturated heterocycles. The van der Waals surface area contributed by atoms with Crippen molar-refractivity contribution in [3.05, 3.63) is 58.3 Å². The Morgan fingerprint density at radius 3 is 2.76 bits per heavy atom. The Bertz CT molecular complexity index is 582. The van der Waals surface area contributed by atoms with E-state index in [4.69, 9.17) is 5.73 Å². The maximum atomic E-state index is 12.3. The van der Waals surface area contributed by atoms with Crippen LogP contribution in [0.25, 0.3) is 0 Å². The lowest BCUT2D eigenvalue weighted by molar-refractivity contribution is -0.130. The van der Waals surface area contributed by atoms with E-state index in [-0.39, 0.29) is 17.9 Å². The fourth-order valence-electron chi connectivity index (χ4n) is 2.93. The summed E-state index contributed by atoms with van der Waals surface area (Å²) >= 11 is 1.68. The van der Waals surface area contributed by atoms with Crippen LogP contribution in [0.5, 0.6) is 0 Å². The van der Waals surface area contributed by atoms with E-state index in [0.717, 1.165) is 13.0 Å². The van der Waals surface area contributed by atoms with Gasteiger partial charge in [0.25, 0.3) is 0 Å². The van der Waals surface area contributed by atoms with E-state index in [1.54, 1.807) is 11.3 Å². The molecule has 0 saturated carbocycles. The van der Waals surface area contributed by atoms with Gasteiger partial charge in [-0.1, -0.05) is 30.3 Å². The summed E-state index contributed by atoms with van der Waals surface area (Å²) in [5.74, 6) is 0.478. The molecule has 2 aromatic rings. The molecule has 0 unspecified atom stereocenters. The van der Waals surface area contributed by atoms with Crippen LogP contribution in [0, 0.1) is 0 Å². The van der Waals surface area contributed by atoms with Crippen LogP contribution in [0.2, 0.25) is 0 Å². The van der Waals surface area contributed by atoms with Gasteiger partial charge >= 0.3 is 0 Å². The summed E-state index contributed by atoms with van der Waals surface area (Å²) in [6, 6.07) is 12.4. The molecule has 2 heterocycles. The van der Waals surface area contributed by atoms with E-state index >= 15 is 0 Å². The van der Waals surface area contributed by atoms with Crippen LogP contribution in [-0.4, -0.2) is 29.9 Å². The zero-order valence-electron chi connectivity index (χ0n) is 11.9. The van der Waals surface area contributed by atoms with Crippen molar-refractivity contribution in [2.75, 3.05) is 13.1 Å². The van der Waals surface area contributed by atoms with Gasteiger partial charge in [-0.15, -0.1) is 0 Å². The lowest BCUT2D eigenvalue weighted by Gasteiger charge is -2.16. The molecular weight excluding hydrogens is 280 g/mol. The molecule has 0 bridgehead atoms. The Morgan fingerprint density at radius 2 is 2.05 bits per heavy atom. The van der Waals surface area contributed by atoms with Gasteiger partial charge in [0.1, 0.15) is 0 Å². The van der Waals surface area contributed by atoms with Gasteiger partial charge in [0, 0.05) is 31.5 Å². The minimum Gasteiger partial charge on any atom is -0.340 e. The van der Waals surface area contributed by atoms with Gasteiger partial charge in [0.15, 0.2) is 0 Å². The highest BCUT2D eigenvalue weighted by molar-refractivity contribution is 7.07. The molecule has 0 spiro atoms. The third-order valence-electron chi connectivity index (χ3n) is 4.15. The summed E-state index contributed by atoms with van der Waals surface area (Å²) in [6.45, 7) is 1.41. The molecule has 1 amide bonds. The summed E-state index contributed by atoms with van der Waals surface area (Å²) in [4.78, 5) is 14.3. The van der Waals surface area contributed by atoms with Crippen LogP contribution in [0.15, 0.2) is 47.2 Å².